The highest BCUT2D eigenvalue weighted by Crippen LogP contribution is 2.61. The molecule has 1 unspecified atom stereocenters. The second kappa shape index (κ2) is 6.34. The highest BCUT2D eigenvalue weighted by atomic mass is 32.3. The third-order valence-corrected chi connectivity index (χ3v) is 8.06. The van der Waals surface area contributed by atoms with Gasteiger partial charge >= 0.3 is 5.97 Å². The Balaban J connectivity index is 2.05. The topological polar surface area (TPSA) is 121 Å². The van der Waals surface area contributed by atoms with E-state index in [1.807, 2.05) is 0 Å². The fourth-order valence-corrected chi connectivity index (χ4v) is 7.13. The van der Waals surface area contributed by atoms with Gasteiger partial charge in [0.15, 0.2) is 16.4 Å². The van der Waals surface area contributed by atoms with Crippen molar-refractivity contribution in [1.82, 2.24) is 0 Å². The lowest BCUT2D eigenvalue weighted by molar-refractivity contribution is -0.139. The van der Waals surface area contributed by atoms with Crippen LogP contribution in [0.15, 0.2) is 58.3 Å². The Morgan fingerprint density at radius 2 is 1.84 bits per heavy atom. The third kappa shape index (κ3) is 3.36. The molecule has 0 aromatic heterocycles. The molecule has 3 rings (SSSR count). The van der Waals surface area contributed by atoms with Gasteiger partial charge < -0.3 is 9.84 Å². The van der Waals surface area contributed by atoms with Crippen LogP contribution in [-0.2, 0) is 14.6 Å². The Kier molecular flexibility index (Phi) is 4.50. The van der Waals surface area contributed by atoms with E-state index in [1.54, 1.807) is 18.2 Å². The van der Waals surface area contributed by atoms with Gasteiger partial charge in [-0.05, 0) is 35.9 Å². The predicted octanol–water partition coefficient (Wildman–Crippen LogP) is 2.79. The van der Waals surface area contributed by atoms with Crippen LogP contribution in [0.4, 0.5) is 0 Å². The molecular formula is C16H16O7S2. The number of aliphatic carboxylic acids is 1. The maximum atomic E-state index is 12.9. The van der Waals surface area contributed by atoms with Gasteiger partial charge in [0.2, 0.25) is 0 Å². The number of ether oxygens (including phenoxy) is 1. The number of benzene rings is 2. The normalized spacial score (nSPS) is 19.8. The molecule has 0 bridgehead atoms. The zero-order valence-electron chi connectivity index (χ0n) is 12.9. The summed E-state index contributed by atoms with van der Waals surface area (Å²) >= 11 is 0. The maximum absolute atomic E-state index is 12.9. The van der Waals surface area contributed by atoms with Crippen LogP contribution in [0.5, 0.6) is 5.75 Å². The van der Waals surface area contributed by atoms with Gasteiger partial charge in [-0.1, -0.05) is 18.2 Å². The summed E-state index contributed by atoms with van der Waals surface area (Å²) < 4.78 is 51.5. The van der Waals surface area contributed by atoms with Crippen LogP contribution in [0.1, 0.15) is 10.8 Å². The Bertz CT molecular complexity index is 907. The minimum atomic E-state index is -3.84. The fourth-order valence-electron chi connectivity index (χ4n) is 2.73. The van der Waals surface area contributed by atoms with Crippen LogP contribution in [0.2, 0.25) is 0 Å². The van der Waals surface area contributed by atoms with E-state index >= 15 is 0 Å². The van der Waals surface area contributed by atoms with Crippen LogP contribution in [-0.4, -0.2) is 41.0 Å². The molecule has 2 aromatic carbocycles. The number of hydrogen-bond donors (Lipinski definition) is 3. The molecule has 0 aliphatic carbocycles. The lowest BCUT2D eigenvalue weighted by atomic mass is 10.1. The number of carbonyl (C=O) groups is 1. The summed E-state index contributed by atoms with van der Waals surface area (Å²) in [5, 5.41) is 7.55. The summed E-state index contributed by atoms with van der Waals surface area (Å²) in [7, 11) is -7.09. The molecule has 0 radical (unpaired) electrons. The van der Waals surface area contributed by atoms with Crippen LogP contribution in [0.3, 0.4) is 0 Å². The van der Waals surface area contributed by atoms with Gasteiger partial charge in [0.05, 0.1) is 15.5 Å². The van der Waals surface area contributed by atoms with Gasteiger partial charge in [0.25, 0.3) is 0 Å². The minimum absolute atomic E-state index is 0.0832. The average molecular weight is 384 g/mol. The Hall–Kier alpha value is -2.07. The number of rotatable bonds is 5. The largest absolute Gasteiger partial charge is 0.482 e. The lowest BCUT2D eigenvalue weighted by Gasteiger charge is -2.27. The maximum Gasteiger partial charge on any atom is 0.341 e. The van der Waals surface area contributed by atoms with Gasteiger partial charge in [-0.15, -0.1) is 0 Å². The van der Waals surface area contributed by atoms with Gasteiger partial charge in [0, 0.05) is 0 Å². The first kappa shape index (κ1) is 17.7. The molecule has 0 saturated carbocycles. The molecule has 0 spiro atoms. The van der Waals surface area contributed by atoms with E-state index < -0.39 is 38.3 Å². The van der Waals surface area contributed by atoms with Crippen LogP contribution >= 0.6 is 10.6 Å². The van der Waals surface area contributed by atoms with Crippen molar-refractivity contribution >= 4 is 26.4 Å². The van der Waals surface area contributed by atoms with Crippen molar-refractivity contribution in [3.8, 4) is 5.75 Å². The van der Waals surface area contributed by atoms with Crippen molar-refractivity contribution in [3.05, 3.63) is 54.1 Å². The van der Waals surface area contributed by atoms with Crippen molar-refractivity contribution in [2.45, 2.75) is 15.0 Å². The van der Waals surface area contributed by atoms with Crippen LogP contribution < -0.4 is 4.74 Å². The molecule has 0 amide bonds. The highest BCUT2D eigenvalue weighted by Gasteiger charge is 2.43. The molecule has 0 fully saturated rings. The first-order valence-corrected chi connectivity index (χ1v) is 10.5. The summed E-state index contributed by atoms with van der Waals surface area (Å²) in [6, 6.07) is 11.9. The van der Waals surface area contributed by atoms with E-state index in [9.17, 15) is 22.3 Å². The van der Waals surface area contributed by atoms with E-state index in [2.05, 4.69) is 0 Å². The fraction of sp³-hybridized carbons (Fsp3) is 0.188. The number of carboxylic acids is 1. The molecular weight excluding hydrogens is 368 g/mol. The summed E-state index contributed by atoms with van der Waals surface area (Å²) in [6.07, 6.45) is 0. The highest BCUT2D eigenvalue weighted by molar-refractivity contribution is 8.25. The van der Waals surface area contributed by atoms with Crippen molar-refractivity contribution in [2.24, 2.45) is 0 Å². The third-order valence-electron chi connectivity index (χ3n) is 3.87. The van der Waals surface area contributed by atoms with E-state index in [1.165, 1.54) is 30.3 Å². The molecule has 9 heteroatoms. The molecule has 1 aliphatic rings. The number of carboxylic acid groups (broad SMARTS) is 1. The standard InChI is InChI=1S/C16H16O7S2/c17-16(18)9-23-11-6-7-14-13(8-11)15(10-24(14,19)20)25(21,22)12-4-2-1-3-5-12/h1-8,15,19-20H,9-10H2,(H,17,18). The monoisotopic (exact) mass is 384 g/mol. The van der Waals surface area contributed by atoms with E-state index in [0.717, 1.165) is 0 Å². The van der Waals surface area contributed by atoms with E-state index in [-0.39, 0.29) is 26.9 Å². The minimum Gasteiger partial charge on any atom is -0.482 e. The molecule has 1 atom stereocenters. The second-order valence-electron chi connectivity index (χ2n) is 5.56. The summed E-state index contributed by atoms with van der Waals surface area (Å²) in [5.74, 6) is -1.34. The molecule has 1 heterocycles. The molecule has 1 aliphatic heterocycles. The zero-order valence-corrected chi connectivity index (χ0v) is 14.5. The van der Waals surface area contributed by atoms with Crippen LogP contribution in [0, 0.1) is 0 Å². The summed E-state index contributed by atoms with van der Waals surface area (Å²) in [4.78, 5) is 10.9. The van der Waals surface area contributed by atoms with Gasteiger partial charge in [-0.3, -0.25) is 9.11 Å². The molecule has 2 aromatic rings. The van der Waals surface area contributed by atoms with Gasteiger partial charge in [0.1, 0.15) is 11.0 Å². The van der Waals surface area contributed by atoms with E-state index in [4.69, 9.17) is 9.84 Å². The molecule has 0 saturated heterocycles. The number of hydrogen-bond acceptors (Lipinski definition) is 6. The lowest BCUT2D eigenvalue weighted by Crippen LogP contribution is -2.15. The smallest absolute Gasteiger partial charge is 0.341 e. The van der Waals surface area contributed by atoms with Gasteiger partial charge in [-0.2, -0.15) is 10.6 Å². The van der Waals surface area contributed by atoms with Crippen molar-refractivity contribution in [3.63, 3.8) is 0 Å². The van der Waals surface area contributed by atoms with Crippen molar-refractivity contribution in [2.75, 3.05) is 12.4 Å². The molecule has 134 valence electrons. The Morgan fingerprint density at radius 1 is 1.16 bits per heavy atom. The number of sulfone groups is 1. The zero-order chi connectivity index (χ0) is 18.2. The van der Waals surface area contributed by atoms with E-state index in [0.29, 0.717) is 0 Å². The Labute approximate surface area is 146 Å². The SMILES string of the molecule is O=C(O)COc1ccc2c(c1)C(S(=O)(=O)c1ccccc1)CS2(O)O. The summed E-state index contributed by atoms with van der Waals surface area (Å²) in [6.45, 7) is -0.578. The Morgan fingerprint density at radius 3 is 2.48 bits per heavy atom. The quantitative estimate of drug-likeness (QED) is 0.725. The first-order valence-electron chi connectivity index (χ1n) is 7.25. The summed E-state index contributed by atoms with van der Waals surface area (Å²) in [5.41, 5.74) is 0.228. The van der Waals surface area contributed by atoms with Gasteiger partial charge in [-0.25, -0.2) is 13.2 Å². The van der Waals surface area contributed by atoms with Crippen molar-refractivity contribution < 1.29 is 32.2 Å². The molecule has 7 nitrogen and oxygen atoms in total. The molecule has 3 N–H and O–H groups in total. The van der Waals surface area contributed by atoms with Crippen molar-refractivity contribution in [1.29, 1.82) is 0 Å². The second-order valence-corrected chi connectivity index (χ2v) is 9.80. The molecule has 25 heavy (non-hydrogen) atoms. The predicted molar refractivity (Wildman–Crippen MR) is 91.9 cm³/mol. The first-order chi connectivity index (χ1) is 11.7. The number of fused-ring (bicyclic) bond motifs is 1. The van der Waals surface area contributed by atoms with Crippen LogP contribution in [0.25, 0.3) is 0 Å². The average Bonchev–Trinajstić information content (AvgIpc) is 2.85.